The molecule has 12 heteroatoms. The number of halogens is 4. The van der Waals surface area contributed by atoms with Gasteiger partial charge in [0.05, 0.1) is 0 Å². The van der Waals surface area contributed by atoms with Crippen molar-refractivity contribution in [3.8, 4) is 5.88 Å². The minimum Gasteiger partial charge on any atom is -0.468 e. The molecule has 3 rings (SSSR count). The Balaban J connectivity index is 0.00000341. The largest absolute Gasteiger partial charge is 0.468 e. The molecule has 1 atom stereocenters. The van der Waals surface area contributed by atoms with E-state index in [1.54, 1.807) is 13.1 Å². The molecule has 0 spiro atoms. The molecule has 1 N–H and O–H groups in total. The van der Waals surface area contributed by atoms with Crippen molar-refractivity contribution in [1.29, 1.82) is 0 Å². The van der Waals surface area contributed by atoms with Crippen molar-refractivity contribution < 1.29 is 27.4 Å². The first kappa shape index (κ1) is 25.4. The summed E-state index contributed by atoms with van der Waals surface area (Å²) in [6, 6.07) is 3.16. The predicted octanol–water partition coefficient (Wildman–Crippen LogP) is 2.04. The lowest BCUT2D eigenvalue weighted by Crippen LogP contribution is -2.55. The number of rotatable bonds is 5. The predicted molar refractivity (Wildman–Crippen MR) is 119 cm³/mol. The quantitative estimate of drug-likeness (QED) is 0.340. The van der Waals surface area contributed by atoms with E-state index in [0.29, 0.717) is 45.3 Å². The van der Waals surface area contributed by atoms with Gasteiger partial charge in [-0.25, -0.2) is 4.98 Å². The number of alkyl halides is 3. The average Bonchev–Trinajstić information content (AvgIpc) is 3.27. The molecule has 1 aromatic rings. The maximum atomic E-state index is 12.5. The van der Waals surface area contributed by atoms with Crippen LogP contribution >= 0.6 is 24.0 Å². The number of carbonyl (C=O) groups excluding carboxylic acids is 1. The van der Waals surface area contributed by atoms with Crippen LogP contribution in [0.4, 0.5) is 13.2 Å². The van der Waals surface area contributed by atoms with Crippen LogP contribution in [0.2, 0.25) is 0 Å². The van der Waals surface area contributed by atoms with E-state index in [2.05, 4.69) is 20.0 Å². The number of nitrogens with zero attached hydrogens (tertiary/aromatic N) is 4. The molecule has 1 unspecified atom stereocenters. The first-order valence-corrected chi connectivity index (χ1v) is 9.86. The summed E-state index contributed by atoms with van der Waals surface area (Å²) in [4.78, 5) is 24.4. The lowest BCUT2D eigenvalue weighted by atomic mass is 10.2. The molecule has 2 fully saturated rings. The maximum Gasteiger partial charge on any atom is 0.422 e. The fraction of sp³-hybridized carbons (Fsp3) is 0.632. The second-order valence-electron chi connectivity index (χ2n) is 7.12. The fourth-order valence-corrected chi connectivity index (χ4v) is 3.42. The number of guanidine groups is 1. The van der Waals surface area contributed by atoms with Crippen molar-refractivity contribution in [2.75, 3.05) is 46.4 Å². The fourth-order valence-electron chi connectivity index (χ4n) is 3.42. The van der Waals surface area contributed by atoms with Gasteiger partial charge in [0.25, 0.3) is 5.91 Å². The van der Waals surface area contributed by atoms with Crippen LogP contribution in [0.5, 0.6) is 5.88 Å². The summed E-state index contributed by atoms with van der Waals surface area (Å²) in [5.41, 5.74) is 0.718. The third-order valence-corrected chi connectivity index (χ3v) is 4.94. The number of aliphatic imine (C=N–C) groups is 1. The molecule has 1 aromatic heterocycles. The van der Waals surface area contributed by atoms with Gasteiger partial charge in [0, 0.05) is 58.6 Å². The standard InChI is InChI=1S/C19H26F3N5O3.HI/c1-23-18(25-12-14-4-5-24-16(11-14)30-13-19(20,21)22)27-8-6-26(7-9-27)17(28)15-3-2-10-29-15;/h4-5,11,15H,2-3,6-10,12-13H2,1H3,(H,23,25);1H. The smallest absolute Gasteiger partial charge is 0.422 e. The molecule has 2 saturated heterocycles. The van der Waals surface area contributed by atoms with Crippen LogP contribution in [0.25, 0.3) is 0 Å². The highest BCUT2D eigenvalue weighted by Crippen LogP contribution is 2.18. The lowest BCUT2D eigenvalue weighted by molar-refractivity contribution is -0.154. The monoisotopic (exact) mass is 557 g/mol. The molecule has 2 aliphatic heterocycles. The molecular formula is C19H27F3IN5O3. The Morgan fingerprint density at radius 1 is 1.32 bits per heavy atom. The Hall–Kier alpha value is -1.83. The zero-order valence-corrected chi connectivity index (χ0v) is 19.6. The van der Waals surface area contributed by atoms with Crippen LogP contribution in [0.1, 0.15) is 18.4 Å². The van der Waals surface area contributed by atoms with Crippen molar-refractivity contribution in [2.45, 2.75) is 31.7 Å². The second-order valence-corrected chi connectivity index (χ2v) is 7.12. The zero-order valence-electron chi connectivity index (χ0n) is 17.2. The Morgan fingerprint density at radius 3 is 2.65 bits per heavy atom. The van der Waals surface area contributed by atoms with Crippen LogP contribution in [0.3, 0.4) is 0 Å². The average molecular weight is 557 g/mol. The highest BCUT2D eigenvalue weighted by Gasteiger charge is 2.31. The molecule has 2 aliphatic rings. The minimum absolute atomic E-state index is 0. The molecule has 8 nitrogen and oxygen atoms in total. The first-order chi connectivity index (χ1) is 14.4. The van der Waals surface area contributed by atoms with Gasteiger partial charge < -0.3 is 24.6 Å². The van der Waals surface area contributed by atoms with Gasteiger partial charge in [-0.1, -0.05) is 0 Å². The van der Waals surface area contributed by atoms with E-state index in [0.717, 1.165) is 18.4 Å². The third kappa shape index (κ3) is 7.66. The second kappa shape index (κ2) is 11.7. The number of piperazine rings is 1. The summed E-state index contributed by atoms with van der Waals surface area (Å²) >= 11 is 0. The Bertz CT molecular complexity index is 752. The molecule has 31 heavy (non-hydrogen) atoms. The van der Waals surface area contributed by atoms with Crippen molar-refractivity contribution in [3.05, 3.63) is 23.9 Å². The molecule has 174 valence electrons. The number of hydrogen-bond donors (Lipinski definition) is 1. The van der Waals surface area contributed by atoms with Crippen molar-refractivity contribution in [2.24, 2.45) is 4.99 Å². The van der Waals surface area contributed by atoms with Gasteiger partial charge in [-0.05, 0) is 24.5 Å². The van der Waals surface area contributed by atoms with Gasteiger partial charge >= 0.3 is 6.18 Å². The van der Waals surface area contributed by atoms with Gasteiger partial charge in [-0.2, -0.15) is 13.2 Å². The van der Waals surface area contributed by atoms with Crippen LogP contribution in [-0.4, -0.2) is 85.4 Å². The Labute approximate surface area is 196 Å². The molecule has 1 amide bonds. The summed E-state index contributed by atoms with van der Waals surface area (Å²) < 4.78 is 47.0. The summed E-state index contributed by atoms with van der Waals surface area (Å²) in [6.45, 7) is 2.06. The summed E-state index contributed by atoms with van der Waals surface area (Å²) in [7, 11) is 1.66. The minimum atomic E-state index is -4.41. The van der Waals surface area contributed by atoms with Crippen LogP contribution < -0.4 is 10.1 Å². The number of ether oxygens (including phenoxy) is 2. The maximum absolute atomic E-state index is 12.5. The van der Waals surface area contributed by atoms with E-state index in [4.69, 9.17) is 4.74 Å². The van der Waals surface area contributed by atoms with Crippen molar-refractivity contribution >= 4 is 35.8 Å². The van der Waals surface area contributed by atoms with Gasteiger partial charge in [-0.15, -0.1) is 24.0 Å². The van der Waals surface area contributed by atoms with E-state index >= 15 is 0 Å². The topological polar surface area (TPSA) is 79.3 Å². The first-order valence-electron chi connectivity index (χ1n) is 9.86. The molecule has 0 saturated carbocycles. The lowest BCUT2D eigenvalue weighted by Gasteiger charge is -2.37. The molecule has 0 aliphatic carbocycles. The van der Waals surface area contributed by atoms with E-state index < -0.39 is 12.8 Å². The van der Waals surface area contributed by atoms with E-state index in [9.17, 15) is 18.0 Å². The SMILES string of the molecule is CN=C(NCc1ccnc(OCC(F)(F)F)c1)N1CCN(C(=O)C2CCCO2)CC1.I. The van der Waals surface area contributed by atoms with Crippen molar-refractivity contribution in [3.63, 3.8) is 0 Å². The number of hydrogen-bond acceptors (Lipinski definition) is 5. The molecular weight excluding hydrogens is 530 g/mol. The number of aromatic nitrogens is 1. The normalized spacial score (nSPS) is 19.7. The van der Waals surface area contributed by atoms with Gasteiger partial charge in [0.2, 0.25) is 5.88 Å². The van der Waals surface area contributed by atoms with Gasteiger partial charge in [0.1, 0.15) is 6.10 Å². The zero-order chi connectivity index (χ0) is 21.6. The molecule has 0 bridgehead atoms. The van der Waals surface area contributed by atoms with Crippen LogP contribution in [0, 0.1) is 0 Å². The highest BCUT2D eigenvalue weighted by molar-refractivity contribution is 14.0. The summed E-state index contributed by atoms with van der Waals surface area (Å²) in [5, 5.41) is 3.20. The van der Waals surface area contributed by atoms with E-state index in [-0.39, 0.29) is 41.9 Å². The summed E-state index contributed by atoms with van der Waals surface area (Å²) in [6.07, 6.45) is -1.62. The number of pyridine rings is 1. The van der Waals surface area contributed by atoms with Gasteiger partial charge in [-0.3, -0.25) is 9.79 Å². The van der Waals surface area contributed by atoms with Crippen LogP contribution in [0.15, 0.2) is 23.3 Å². The number of amides is 1. The Morgan fingerprint density at radius 2 is 2.03 bits per heavy atom. The van der Waals surface area contributed by atoms with E-state index in [1.807, 2.05) is 9.80 Å². The van der Waals surface area contributed by atoms with E-state index in [1.165, 1.54) is 12.3 Å². The highest BCUT2D eigenvalue weighted by atomic mass is 127. The Kier molecular flexibility index (Phi) is 9.59. The van der Waals surface area contributed by atoms with Gasteiger partial charge in [0.15, 0.2) is 12.6 Å². The van der Waals surface area contributed by atoms with Crippen LogP contribution in [-0.2, 0) is 16.1 Å². The number of carbonyl (C=O) groups is 1. The number of nitrogens with one attached hydrogen (secondary N) is 1. The molecule has 0 aromatic carbocycles. The van der Waals surface area contributed by atoms with Crippen molar-refractivity contribution in [1.82, 2.24) is 20.1 Å². The molecule has 3 heterocycles. The third-order valence-electron chi connectivity index (χ3n) is 4.94. The molecule has 0 radical (unpaired) electrons. The summed E-state index contributed by atoms with van der Waals surface area (Å²) in [5.74, 6) is 0.634.